The number of carboxylic acids is 1. The summed E-state index contributed by atoms with van der Waals surface area (Å²) in [6.07, 6.45) is -1.36. The van der Waals surface area contributed by atoms with Crippen molar-refractivity contribution in [2.45, 2.75) is 42.5 Å². The average molecular weight is 349 g/mol. The standard InChI is InChI=1S/C17H19NO5S/c1-17(2)13(16(22)23)18-14(21)11(15(18)24-17)12(20)10(19)8-9-6-4-3-5-7-9/h3-7,11-13,15,20H,8H2,1-2H3,(H,22,23)/t11-,12-,13+,15-/m1/s1. The number of fused-ring (bicyclic) bond motifs is 1. The molecule has 0 saturated carbocycles. The van der Waals surface area contributed by atoms with E-state index in [1.807, 2.05) is 6.07 Å². The monoisotopic (exact) mass is 349 g/mol. The molecule has 7 heteroatoms. The van der Waals surface area contributed by atoms with Crippen molar-refractivity contribution in [3.8, 4) is 0 Å². The summed E-state index contributed by atoms with van der Waals surface area (Å²) in [6, 6.07) is 8.07. The third-order valence-corrected chi connectivity index (χ3v) is 6.20. The second-order valence-electron chi connectivity index (χ2n) is 6.70. The molecule has 2 heterocycles. The van der Waals surface area contributed by atoms with Crippen LogP contribution in [0.3, 0.4) is 0 Å². The largest absolute Gasteiger partial charge is 0.480 e. The van der Waals surface area contributed by atoms with Gasteiger partial charge in [-0.05, 0) is 19.4 Å². The van der Waals surface area contributed by atoms with Gasteiger partial charge in [0.25, 0.3) is 0 Å². The van der Waals surface area contributed by atoms with Gasteiger partial charge >= 0.3 is 5.97 Å². The first-order valence-corrected chi connectivity index (χ1v) is 8.59. The number of nitrogens with zero attached hydrogens (tertiary/aromatic N) is 1. The van der Waals surface area contributed by atoms with Crippen LogP contribution in [0.2, 0.25) is 0 Å². The van der Waals surface area contributed by atoms with Gasteiger partial charge in [-0.25, -0.2) is 4.79 Å². The first-order chi connectivity index (χ1) is 11.2. The van der Waals surface area contributed by atoms with Gasteiger partial charge in [-0.2, -0.15) is 0 Å². The summed E-state index contributed by atoms with van der Waals surface area (Å²) in [5.41, 5.74) is 0.771. The average Bonchev–Trinajstić information content (AvgIpc) is 2.76. The summed E-state index contributed by atoms with van der Waals surface area (Å²) in [5, 5.41) is 19.3. The number of aliphatic hydroxyl groups excluding tert-OH is 1. The molecule has 0 radical (unpaired) electrons. The Bertz CT molecular complexity index is 689. The molecule has 2 fully saturated rings. The molecule has 3 rings (SSSR count). The van der Waals surface area contributed by atoms with Crippen LogP contribution in [0.5, 0.6) is 0 Å². The highest BCUT2D eigenvalue weighted by Gasteiger charge is 2.65. The first kappa shape index (κ1) is 17.0. The van der Waals surface area contributed by atoms with Crippen LogP contribution in [0, 0.1) is 5.92 Å². The van der Waals surface area contributed by atoms with Gasteiger partial charge in [0.2, 0.25) is 5.91 Å². The number of thioether (sulfide) groups is 1. The maximum atomic E-state index is 12.4. The number of β-lactam (4-membered cyclic amide) rings is 1. The molecule has 1 amide bonds. The molecule has 0 unspecified atom stereocenters. The van der Waals surface area contributed by atoms with E-state index in [4.69, 9.17) is 0 Å². The van der Waals surface area contributed by atoms with Gasteiger partial charge in [-0.3, -0.25) is 9.59 Å². The van der Waals surface area contributed by atoms with Crippen LogP contribution in [-0.2, 0) is 20.8 Å². The minimum atomic E-state index is -1.41. The van der Waals surface area contributed by atoms with Crippen LogP contribution in [0.4, 0.5) is 0 Å². The number of ketones is 1. The fourth-order valence-electron chi connectivity index (χ4n) is 3.43. The minimum absolute atomic E-state index is 0.0505. The Morgan fingerprint density at radius 3 is 2.50 bits per heavy atom. The minimum Gasteiger partial charge on any atom is -0.480 e. The maximum Gasteiger partial charge on any atom is 0.327 e. The molecule has 0 aromatic heterocycles. The number of amides is 1. The second-order valence-corrected chi connectivity index (χ2v) is 8.47. The van der Waals surface area contributed by atoms with Crippen molar-refractivity contribution < 1.29 is 24.6 Å². The topological polar surface area (TPSA) is 94.9 Å². The number of aliphatic carboxylic acids is 1. The van der Waals surface area contributed by atoms with Gasteiger partial charge in [0.1, 0.15) is 18.1 Å². The Hall–Kier alpha value is -1.86. The third-order valence-electron chi connectivity index (χ3n) is 4.61. The normalized spacial score (nSPS) is 28.9. The van der Waals surface area contributed by atoms with Crippen LogP contribution >= 0.6 is 11.8 Å². The quantitative estimate of drug-likeness (QED) is 0.768. The number of hydrogen-bond acceptors (Lipinski definition) is 5. The van der Waals surface area contributed by atoms with E-state index in [1.54, 1.807) is 38.1 Å². The molecule has 6 nitrogen and oxygen atoms in total. The molecule has 128 valence electrons. The summed E-state index contributed by atoms with van der Waals surface area (Å²) in [4.78, 5) is 37.4. The Morgan fingerprint density at radius 2 is 1.92 bits per heavy atom. The van der Waals surface area contributed by atoms with Crippen molar-refractivity contribution in [3.05, 3.63) is 35.9 Å². The number of aliphatic hydroxyl groups is 1. The van der Waals surface area contributed by atoms with E-state index in [1.165, 1.54) is 16.7 Å². The number of carbonyl (C=O) groups is 3. The van der Waals surface area contributed by atoms with Gasteiger partial charge in [0.05, 0.1) is 5.37 Å². The van der Waals surface area contributed by atoms with E-state index < -0.39 is 45.8 Å². The van der Waals surface area contributed by atoms with E-state index >= 15 is 0 Å². The summed E-state index contributed by atoms with van der Waals surface area (Å²) < 4.78 is -0.664. The highest BCUT2D eigenvalue weighted by atomic mass is 32.2. The Kier molecular flexibility index (Phi) is 4.17. The molecule has 1 aromatic rings. The van der Waals surface area contributed by atoms with E-state index in [0.717, 1.165) is 5.56 Å². The number of carbonyl (C=O) groups excluding carboxylic acids is 2. The first-order valence-electron chi connectivity index (χ1n) is 7.71. The Labute approximate surface area is 143 Å². The lowest BCUT2D eigenvalue weighted by Crippen LogP contribution is -2.66. The number of rotatable bonds is 5. The van der Waals surface area contributed by atoms with E-state index in [9.17, 15) is 24.6 Å². The van der Waals surface area contributed by atoms with Gasteiger partial charge in [0.15, 0.2) is 5.78 Å². The summed E-state index contributed by atoms with van der Waals surface area (Å²) in [6.45, 7) is 3.52. The predicted octanol–water partition coefficient (Wildman–Crippen LogP) is 0.922. The molecule has 2 aliphatic heterocycles. The fraction of sp³-hybridized carbons (Fsp3) is 0.471. The molecule has 2 saturated heterocycles. The molecule has 0 spiro atoms. The maximum absolute atomic E-state index is 12.4. The number of hydrogen-bond donors (Lipinski definition) is 2. The molecule has 2 N–H and O–H groups in total. The smallest absolute Gasteiger partial charge is 0.327 e. The van der Waals surface area contributed by atoms with Gasteiger partial charge in [0, 0.05) is 11.2 Å². The van der Waals surface area contributed by atoms with Crippen molar-refractivity contribution >= 4 is 29.4 Å². The highest BCUT2D eigenvalue weighted by molar-refractivity contribution is 8.01. The lowest BCUT2D eigenvalue weighted by Gasteiger charge is -2.45. The van der Waals surface area contributed by atoms with Crippen molar-refractivity contribution in [1.29, 1.82) is 0 Å². The van der Waals surface area contributed by atoms with E-state index in [0.29, 0.717) is 0 Å². The number of benzene rings is 1. The van der Waals surface area contributed by atoms with Gasteiger partial charge < -0.3 is 15.1 Å². The highest BCUT2D eigenvalue weighted by Crippen LogP contribution is 2.54. The third kappa shape index (κ3) is 2.61. The van der Waals surface area contributed by atoms with E-state index in [2.05, 4.69) is 0 Å². The van der Waals surface area contributed by atoms with Crippen molar-refractivity contribution in [2.75, 3.05) is 0 Å². The molecular weight excluding hydrogens is 330 g/mol. The molecular formula is C17H19NO5S. The van der Waals surface area contributed by atoms with Crippen LogP contribution < -0.4 is 0 Å². The van der Waals surface area contributed by atoms with Crippen LogP contribution in [0.25, 0.3) is 0 Å². The number of Topliss-reactive ketones (excluding diaryl/α,β-unsaturated/α-hetero) is 1. The van der Waals surface area contributed by atoms with Crippen LogP contribution in [-0.4, -0.2) is 55.0 Å². The van der Waals surface area contributed by atoms with Gasteiger partial charge in [-0.15, -0.1) is 11.8 Å². The lowest BCUT2D eigenvalue weighted by atomic mass is 9.85. The molecule has 0 aliphatic carbocycles. The zero-order valence-corrected chi connectivity index (χ0v) is 14.2. The van der Waals surface area contributed by atoms with Crippen molar-refractivity contribution in [2.24, 2.45) is 5.92 Å². The zero-order chi connectivity index (χ0) is 17.6. The molecule has 1 aromatic carbocycles. The zero-order valence-electron chi connectivity index (χ0n) is 13.4. The van der Waals surface area contributed by atoms with Crippen LogP contribution in [0.15, 0.2) is 30.3 Å². The molecule has 0 bridgehead atoms. The summed E-state index contributed by atoms with van der Waals surface area (Å²) in [7, 11) is 0. The Balaban J connectivity index is 1.74. The molecule has 2 aliphatic rings. The second kappa shape index (κ2) is 5.89. The fourth-order valence-corrected chi connectivity index (χ4v) is 5.15. The predicted molar refractivity (Wildman–Crippen MR) is 88.4 cm³/mol. The summed E-state index contributed by atoms with van der Waals surface area (Å²) in [5.74, 6) is -2.81. The van der Waals surface area contributed by atoms with Gasteiger partial charge in [-0.1, -0.05) is 30.3 Å². The molecule has 4 atom stereocenters. The Morgan fingerprint density at radius 1 is 1.29 bits per heavy atom. The summed E-state index contributed by atoms with van der Waals surface area (Å²) >= 11 is 1.33. The lowest BCUT2D eigenvalue weighted by molar-refractivity contribution is -0.170. The van der Waals surface area contributed by atoms with Crippen LogP contribution in [0.1, 0.15) is 19.4 Å². The van der Waals surface area contributed by atoms with E-state index in [-0.39, 0.29) is 6.42 Å². The van der Waals surface area contributed by atoms with Crippen molar-refractivity contribution in [1.82, 2.24) is 4.90 Å². The molecule has 24 heavy (non-hydrogen) atoms. The number of carboxylic acid groups (broad SMARTS) is 1. The SMILES string of the molecule is CC1(C)S[C@@H]2[C@H]([C@H](O)C(=O)Cc3ccccc3)C(=O)N2[C@H]1C(=O)O. The van der Waals surface area contributed by atoms with Crippen molar-refractivity contribution in [3.63, 3.8) is 0 Å².